The van der Waals surface area contributed by atoms with Crippen LogP contribution in [0.4, 0.5) is 0 Å². The lowest BCUT2D eigenvalue weighted by Gasteiger charge is -2.12. The normalized spacial score (nSPS) is 10.7. The fraction of sp³-hybridized carbons (Fsp3) is 0.529. The molecule has 0 amide bonds. The zero-order valence-electron chi connectivity index (χ0n) is 13.9. The molecule has 23 heavy (non-hydrogen) atoms. The largest absolute Gasteiger partial charge is 0.493 e. The Bertz CT molecular complexity index is 599. The number of aromatic nitrogens is 3. The van der Waals surface area contributed by atoms with E-state index in [9.17, 15) is 5.11 Å². The Kier molecular flexibility index (Phi) is 6.87. The van der Waals surface area contributed by atoms with Gasteiger partial charge in [-0.2, -0.15) is 0 Å². The van der Waals surface area contributed by atoms with Crippen LogP contribution in [0.1, 0.15) is 44.0 Å². The van der Waals surface area contributed by atoms with Gasteiger partial charge in [-0.1, -0.05) is 43.5 Å². The molecule has 2 aromatic rings. The predicted octanol–water partition coefficient (Wildman–Crippen LogP) is 2.94. The van der Waals surface area contributed by atoms with Gasteiger partial charge in [0.15, 0.2) is 11.5 Å². The Hall–Kier alpha value is -2.08. The van der Waals surface area contributed by atoms with E-state index in [1.54, 1.807) is 7.11 Å². The number of aliphatic hydroxyl groups is 1. The molecule has 126 valence electrons. The molecule has 0 atom stereocenters. The second kappa shape index (κ2) is 9.15. The number of nitrogens with zero attached hydrogens (tertiary/aromatic N) is 3. The van der Waals surface area contributed by atoms with Gasteiger partial charge in [-0.05, 0) is 18.6 Å². The van der Waals surface area contributed by atoms with Crippen molar-refractivity contribution in [2.75, 3.05) is 7.11 Å². The summed E-state index contributed by atoms with van der Waals surface area (Å²) in [6.45, 7) is 3.14. The molecule has 0 aliphatic carbocycles. The molecule has 0 saturated heterocycles. The van der Waals surface area contributed by atoms with Crippen LogP contribution in [0.5, 0.6) is 11.5 Å². The minimum absolute atomic E-state index is 0.139. The first-order valence-corrected chi connectivity index (χ1v) is 8.08. The van der Waals surface area contributed by atoms with Gasteiger partial charge in [0.1, 0.15) is 18.0 Å². The van der Waals surface area contributed by atoms with Crippen molar-refractivity contribution in [3.8, 4) is 11.5 Å². The number of hydrogen-bond acceptors (Lipinski definition) is 5. The zero-order chi connectivity index (χ0) is 16.5. The summed E-state index contributed by atoms with van der Waals surface area (Å²) in [5.74, 6) is 1.35. The fourth-order valence-electron chi connectivity index (χ4n) is 2.40. The summed E-state index contributed by atoms with van der Waals surface area (Å²) in [6, 6.07) is 7.49. The summed E-state index contributed by atoms with van der Waals surface area (Å²) >= 11 is 0. The number of benzene rings is 1. The number of ether oxygens (including phenoxy) is 2. The van der Waals surface area contributed by atoms with Crippen molar-refractivity contribution in [3.05, 3.63) is 35.7 Å². The summed E-state index contributed by atoms with van der Waals surface area (Å²) in [7, 11) is 1.61. The second-order valence-electron chi connectivity index (χ2n) is 5.36. The van der Waals surface area contributed by atoms with Crippen LogP contribution in [-0.2, 0) is 19.8 Å². The molecule has 0 bridgehead atoms. The lowest BCUT2D eigenvalue weighted by Crippen LogP contribution is -2.10. The van der Waals surface area contributed by atoms with Gasteiger partial charge in [0, 0.05) is 6.54 Å². The third-order valence-electron chi connectivity index (χ3n) is 3.72. The van der Waals surface area contributed by atoms with E-state index in [0.29, 0.717) is 23.8 Å². The molecule has 1 heterocycles. The molecule has 6 nitrogen and oxygen atoms in total. The van der Waals surface area contributed by atoms with Gasteiger partial charge in [-0.15, -0.1) is 5.10 Å². The maximum Gasteiger partial charge on any atom is 0.161 e. The van der Waals surface area contributed by atoms with Crippen molar-refractivity contribution < 1.29 is 14.6 Å². The first-order chi connectivity index (χ1) is 11.3. The first kappa shape index (κ1) is 17.3. The molecule has 0 unspecified atom stereocenters. The van der Waals surface area contributed by atoms with Gasteiger partial charge in [-0.25, -0.2) is 4.68 Å². The summed E-state index contributed by atoms with van der Waals surface area (Å²) in [5, 5.41) is 17.6. The first-order valence-electron chi connectivity index (χ1n) is 8.08. The summed E-state index contributed by atoms with van der Waals surface area (Å²) < 4.78 is 13.0. The number of aliphatic hydroxyl groups excluding tert-OH is 1. The molecule has 1 N–H and O–H groups in total. The van der Waals surface area contributed by atoms with E-state index < -0.39 is 0 Å². The van der Waals surface area contributed by atoms with E-state index >= 15 is 0 Å². The van der Waals surface area contributed by atoms with Crippen molar-refractivity contribution in [3.63, 3.8) is 0 Å². The van der Waals surface area contributed by atoms with E-state index in [-0.39, 0.29) is 6.61 Å². The highest BCUT2D eigenvalue weighted by Gasteiger charge is 2.14. The SMILES string of the molecule is CCCCCCn1nnc(CO)c1COc1ccccc1OC. The Labute approximate surface area is 137 Å². The van der Waals surface area contributed by atoms with Crippen LogP contribution in [0, 0.1) is 0 Å². The minimum Gasteiger partial charge on any atom is -0.493 e. The summed E-state index contributed by atoms with van der Waals surface area (Å²) in [5.41, 5.74) is 1.38. The molecule has 1 aromatic heterocycles. The van der Waals surface area contributed by atoms with Gasteiger partial charge in [0.2, 0.25) is 0 Å². The zero-order valence-corrected chi connectivity index (χ0v) is 13.9. The van der Waals surface area contributed by atoms with Gasteiger partial charge in [0.05, 0.1) is 13.7 Å². The van der Waals surface area contributed by atoms with Crippen LogP contribution in [0.25, 0.3) is 0 Å². The predicted molar refractivity (Wildman–Crippen MR) is 87.4 cm³/mol. The molecule has 0 fully saturated rings. The fourth-order valence-corrected chi connectivity index (χ4v) is 2.40. The van der Waals surface area contributed by atoms with Crippen LogP contribution >= 0.6 is 0 Å². The van der Waals surface area contributed by atoms with E-state index in [4.69, 9.17) is 9.47 Å². The number of aryl methyl sites for hydroxylation is 1. The standard InChI is InChI=1S/C17H25N3O3/c1-3-4-5-8-11-20-15(14(12-21)18-19-20)13-23-17-10-7-6-9-16(17)22-2/h6-7,9-10,21H,3-5,8,11-13H2,1-2H3. The van der Waals surface area contributed by atoms with Crippen molar-refractivity contribution in [1.29, 1.82) is 0 Å². The van der Waals surface area contributed by atoms with Crippen LogP contribution in [0.15, 0.2) is 24.3 Å². The number of methoxy groups -OCH3 is 1. The maximum atomic E-state index is 9.44. The topological polar surface area (TPSA) is 69.4 Å². The Morgan fingerprint density at radius 1 is 1.13 bits per heavy atom. The van der Waals surface area contributed by atoms with Crippen molar-refractivity contribution in [2.24, 2.45) is 0 Å². The smallest absolute Gasteiger partial charge is 0.161 e. The lowest BCUT2D eigenvalue weighted by molar-refractivity contribution is 0.255. The van der Waals surface area contributed by atoms with E-state index in [1.807, 2.05) is 28.9 Å². The molecule has 6 heteroatoms. The molecule has 2 rings (SSSR count). The lowest BCUT2D eigenvalue weighted by atomic mass is 10.2. The monoisotopic (exact) mass is 319 g/mol. The van der Waals surface area contributed by atoms with Crippen molar-refractivity contribution in [2.45, 2.75) is 52.4 Å². The molecular weight excluding hydrogens is 294 g/mol. The molecular formula is C17H25N3O3. The average Bonchev–Trinajstić information content (AvgIpc) is 2.99. The van der Waals surface area contributed by atoms with Crippen molar-refractivity contribution >= 4 is 0 Å². The molecule has 0 aliphatic heterocycles. The average molecular weight is 319 g/mol. The third-order valence-corrected chi connectivity index (χ3v) is 3.72. The third kappa shape index (κ3) is 4.69. The van der Waals surface area contributed by atoms with Crippen LogP contribution in [0.3, 0.4) is 0 Å². The Morgan fingerprint density at radius 2 is 1.91 bits per heavy atom. The summed E-state index contributed by atoms with van der Waals surface area (Å²) in [4.78, 5) is 0. The van der Waals surface area contributed by atoms with Crippen LogP contribution < -0.4 is 9.47 Å². The molecule has 0 saturated carbocycles. The molecule has 1 aromatic carbocycles. The minimum atomic E-state index is -0.139. The number of para-hydroxylation sites is 2. The van der Waals surface area contributed by atoms with Crippen LogP contribution in [-0.4, -0.2) is 27.2 Å². The van der Waals surface area contributed by atoms with E-state index in [2.05, 4.69) is 17.2 Å². The summed E-state index contributed by atoms with van der Waals surface area (Å²) in [6.07, 6.45) is 4.62. The molecule has 0 spiro atoms. The highest BCUT2D eigenvalue weighted by molar-refractivity contribution is 5.39. The quantitative estimate of drug-likeness (QED) is 0.682. The van der Waals surface area contributed by atoms with Gasteiger partial charge in [0.25, 0.3) is 0 Å². The van der Waals surface area contributed by atoms with Gasteiger partial charge < -0.3 is 14.6 Å². The Morgan fingerprint density at radius 3 is 2.61 bits per heavy atom. The molecule has 0 aliphatic rings. The highest BCUT2D eigenvalue weighted by Crippen LogP contribution is 2.26. The Balaban J connectivity index is 2.04. The highest BCUT2D eigenvalue weighted by atomic mass is 16.5. The van der Waals surface area contributed by atoms with Crippen molar-refractivity contribution in [1.82, 2.24) is 15.0 Å². The second-order valence-corrected chi connectivity index (χ2v) is 5.36. The van der Waals surface area contributed by atoms with E-state index in [0.717, 1.165) is 25.1 Å². The van der Waals surface area contributed by atoms with E-state index in [1.165, 1.54) is 12.8 Å². The maximum absolute atomic E-state index is 9.44. The number of hydrogen-bond donors (Lipinski definition) is 1. The number of rotatable bonds is 10. The van der Waals surface area contributed by atoms with Gasteiger partial charge >= 0.3 is 0 Å². The molecule has 0 radical (unpaired) electrons. The van der Waals surface area contributed by atoms with Crippen LogP contribution in [0.2, 0.25) is 0 Å². The van der Waals surface area contributed by atoms with Gasteiger partial charge in [-0.3, -0.25) is 0 Å². The number of unbranched alkanes of at least 4 members (excludes halogenated alkanes) is 3.